The Morgan fingerprint density at radius 1 is 1.14 bits per heavy atom. The summed E-state index contributed by atoms with van der Waals surface area (Å²) in [6.07, 6.45) is 3.38. The van der Waals surface area contributed by atoms with Crippen LogP contribution >= 0.6 is 27.5 Å². The summed E-state index contributed by atoms with van der Waals surface area (Å²) in [5.74, 6) is 0.769. The Hall–Kier alpha value is -1.99. The van der Waals surface area contributed by atoms with Gasteiger partial charge in [-0.3, -0.25) is 0 Å². The molecular formula is C13H10BrClN6. The van der Waals surface area contributed by atoms with Crippen LogP contribution in [-0.4, -0.2) is 24.7 Å². The minimum atomic E-state index is 0.116. The Labute approximate surface area is 134 Å². The summed E-state index contributed by atoms with van der Waals surface area (Å²) in [6.45, 7) is 0.570. The molecule has 0 fully saturated rings. The van der Waals surface area contributed by atoms with Crippen LogP contribution in [0.25, 0.3) is 5.95 Å². The van der Waals surface area contributed by atoms with Crippen molar-refractivity contribution in [1.29, 1.82) is 0 Å². The average Bonchev–Trinajstić information content (AvgIpc) is 3.00. The number of hydrogen-bond acceptors (Lipinski definition) is 5. The second-order valence-corrected chi connectivity index (χ2v) is 5.32. The molecule has 0 aliphatic heterocycles. The highest BCUT2D eigenvalue weighted by Crippen LogP contribution is 2.17. The molecule has 0 atom stereocenters. The maximum absolute atomic E-state index is 5.93. The third-order valence-corrected chi connectivity index (χ3v) is 3.64. The minimum Gasteiger partial charge on any atom is -0.350 e. The molecule has 106 valence electrons. The third-order valence-electron chi connectivity index (χ3n) is 2.70. The first-order valence-corrected chi connectivity index (χ1v) is 7.28. The molecule has 0 saturated heterocycles. The molecule has 6 nitrogen and oxygen atoms in total. The van der Waals surface area contributed by atoms with E-state index in [1.165, 1.54) is 4.68 Å². The van der Waals surface area contributed by atoms with Crippen molar-refractivity contribution < 1.29 is 0 Å². The summed E-state index contributed by atoms with van der Waals surface area (Å²) in [5, 5.41) is 7.31. The van der Waals surface area contributed by atoms with Crippen molar-refractivity contribution in [3.05, 3.63) is 58.0 Å². The molecule has 0 bridgehead atoms. The molecule has 8 heteroatoms. The molecule has 0 spiro atoms. The predicted octanol–water partition coefficient (Wildman–Crippen LogP) is 3.09. The molecular weight excluding hydrogens is 356 g/mol. The summed E-state index contributed by atoms with van der Waals surface area (Å²) in [6, 6.07) is 9.70. The first kappa shape index (κ1) is 14.0. The lowest BCUT2D eigenvalue weighted by Gasteiger charge is -2.08. The molecule has 0 amide bonds. The van der Waals surface area contributed by atoms with E-state index in [-0.39, 0.29) is 5.28 Å². The van der Waals surface area contributed by atoms with Gasteiger partial charge in [0, 0.05) is 23.4 Å². The molecule has 1 N–H and O–H groups in total. The quantitative estimate of drug-likeness (QED) is 0.769. The lowest BCUT2D eigenvalue weighted by Crippen LogP contribution is -2.09. The molecule has 0 aliphatic rings. The highest BCUT2D eigenvalue weighted by molar-refractivity contribution is 9.10. The summed E-state index contributed by atoms with van der Waals surface area (Å²) in [4.78, 5) is 12.4. The van der Waals surface area contributed by atoms with E-state index < -0.39 is 0 Å². The fraction of sp³-hybridized carbons (Fsp3) is 0.0769. The zero-order valence-electron chi connectivity index (χ0n) is 10.7. The van der Waals surface area contributed by atoms with Crippen molar-refractivity contribution in [3.63, 3.8) is 0 Å². The Balaban J connectivity index is 1.81. The summed E-state index contributed by atoms with van der Waals surface area (Å²) < 4.78 is 2.54. The molecule has 1 aromatic carbocycles. The minimum absolute atomic E-state index is 0.116. The van der Waals surface area contributed by atoms with E-state index in [1.807, 2.05) is 24.3 Å². The number of benzene rings is 1. The van der Waals surface area contributed by atoms with E-state index in [4.69, 9.17) is 11.6 Å². The second-order valence-electron chi connectivity index (χ2n) is 4.12. The Morgan fingerprint density at radius 3 is 2.76 bits per heavy atom. The predicted molar refractivity (Wildman–Crippen MR) is 83.4 cm³/mol. The van der Waals surface area contributed by atoms with Crippen LogP contribution in [0.4, 0.5) is 5.95 Å². The zero-order valence-corrected chi connectivity index (χ0v) is 13.1. The van der Waals surface area contributed by atoms with Gasteiger partial charge in [-0.25, -0.2) is 4.68 Å². The number of aromatic nitrogens is 5. The Kier molecular flexibility index (Phi) is 4.12. The van der Waals surface area contributed by atoms with Crippen LogP contribution in [0.5, 0.6) is 0 Å². The van der Waals surface area contributed by atoms with Crippen LogP contribution in [-0.2, 0) is 6.54 Å². The lowest BCUT2D eigenvalue weighted by molar-refractivity contribution is 0.794. The molecule has 3 aromatic rings. The highest BCUT2D eigenvalue weighted by atomic mass is 79.9. The Bertz CT molecular complexity index is 746. The van der Waals surface area contributed by atoms with Crippen LogP contribution < -0.4 is 5.32 Å². The van der Waals surface area contributed by atoms with E-state index in [0.29, 0.717) is 18.4 Å². The monoisotopic (exact) mass is 364 g/mol. The van der Waals surface area contributed by atoms with Gasteiger partial charge in [-0.1, -0.05) is 34.1 Å². The maximum atomic E-state index is 5.93. The van der Waals surface area contributed by atoms with Gasteiger partial charge in [0.25, 0.3) is 5.95 Å². The van der Waals surface area contributed by atoms with Crippen LogP contribution in [0, 0.1) is 0 Å². The standard InChI is InChI=1S/C13H10BrClN6/c14-10-5-2-1-4-9(10)8-16-12-18-11(15)19-13(20-12)21-7-3-6-17-21/h1-7H,8H2,(H,16,18,19,20). The molecule has 3 rings (SSSR count). The molecule has 2 aromatic heterocycles. The van der Waals surface area contributed by atoms with Crippen molar-refractivity contribution in [1.82, 2.24) is 24.7 Å². The van der Waals surface area contributed by atoms with Crippen molar-refractivity contribution in [2.75, 3.05) is 5.32 Å². The van der Waals surface area contributed by atoms with Crippen molar-refractivity contribution in [2.45, 2.75) is 6.54 Å². The van der Waals surface area contributed by atoms with Gasteiger partial charge in [-0.05, 0) is 29.3 Å². The third kappa shape index (κ3) is 3.37. The second kappa shape index (κ2) is 6.19. The first-order chi connectivity index (χ1) is 10.2. The van der Waals surface area contributed by atoms with E-state index in [2.05, 4.69) is 41.3 Å². The number of nitrogens with zero attached hydrogens (tertiary/aromatic N) is 5. The van der Waals surface area contributed by atoms with Gasteiger partial charge < -0.3 is 5.32 Å². The number of anilines is 1. The number of halogens is 2. The van der Waals surface area contributed by atoms with E-state index in [0.717, 1.165) is 10.0 Å². The van der Waals surface area contributed by atoms with Gasteiger partial charge in [-0.2, -0.15) is 20.1 Å². The maximum Gasteiger partial charge on any atom is 0.256 e. The van der Waals surface area contributed by atoms with Gasteiger partial charge in [0.2, 0.25) is 11.2 Å². The highest BCUT2D eigenvalue weighted by Gasteiger charge is 2.07. The smallest absolute Gasteiger partial charge is 0.256 e. The Morgan fingerprint density at radius 2 is 2.00 bits per heavy atom. The largest absolute Gasteiger partial charge is 0.350 e. The SMILES string of the molecule is Clc1nc(NCc2ccccc2Br)nc(-n2cccn2)n1. The van der Waals surface area contributed by atoms with Crippen molar-refractivity contribution in [2.24, 2.45) is 0 Å². The summed E-state index contributed by atoms with van der Waals surface area (Å²) in [7, 11) is 0. The van der Waals surface area contributed by atoms with E-state index in [1.54, 1.807) is 18.5 Å². The first-order valence-electron chi connectivity index (χ1n) is 6.11. The average molecular weight is 366 g/mol. The van der Waals surface area contributed by atoms with E-state index >= 15 is 0 Å². The number of rotatable bonds is 4. The molecule has 0 aliphatic carbocycles. The fourth-order valence-electron chi connectivity index (χ4n) is 1.72. The lowest BCUT2D eigenvalue weighted by atomic mass is 10.2. The number of hydrogen-bond donors (Lipinski definition) is 1. The summed E-state index contributed by atoms with van der Waals surface area (Å²) >= 11 is 9.42. The van der Waals surface area contributed by atoms with Gasteiger partial charge in [0.15, 0.2) is 0 Å². The topological polar surface area (TPSA) is 68.5 Å². The van der Waals surface area contributed by atoms with Crippen LogP contribution in [0.1, 0.15) is 5.56 Å². The van der Waals surface area contributed by atoms with Gasteiger partial charge in [-0.15, -0.1) is 0 Å². The number of nitrogens with one attached hydrogen (secondary N) is 1. The van der Waals surface area contributed by atoms with Crippen LogP contribution in [0.2, 0.25) is 5.28 Å². The van der Waals surface area contributed by atoms with Crippen LogP contribution in [0.3, 0.4) is 0 Å². The van der Waals surface area contributed by atoms with Crippen molar-refractivity contribution in [3.8, 4) is 5.95 Å². The van der Waals surface area contributed by atoms with Gasteiger partial charge >= 0.3 is 0 Å². The molecule has 2 heterocycles. The van der Waals surface area contributed by atoms with Gasteiger partial charge in [0.1, 0.15) is 0 Å². The summed E-state index contributed by atoms with van der Waals surface area (Å²) in [5.41, 5.74) is 1.09. The van der Waals surface area contributed by atoms with Crippen LogP contribution in [0.15, 0.2) is 47.2 Å². The van der Waals surface area contributed by atoms with E-state index in [9.17, 15) is 0 Å². The molecule has 21 heavy (non-hydrogen) atoms. The van der Waals surface area contributed by atoms with Crippen molar-refractivity contribution >= 4 is 33.5 Å². The molecule has 0 radical (unpaired) electrons. The van der Waals surface area contributed by atoms with Gasteiger partial charge in [0.05, 0.1) is 0 Å². The fourth-order valence-corrected chi connectivity index (χ4v) is 2.30. The molecule has 0 saturated carbocycles. The molecule has 0 unspecified atom stereocenters. The normalized spacial score (nSPS) is 10.6. The zero-order chi connectivity index (χ0) is 14.7.